The van der Waals surface area contributed by atoms with Crippen LogP contribution in [0.2, 0.25) is 0 Å². The first kappa shape index (κ1) is 33.3. The number of nitrogens with one attached hydrogen (secondary N) is 3. The molecular formula is C25H31F3N4O8S. The minimum Gasteiger partial charge on any atom is -0.494 e. The fourth-order valence-electron chi connectivity index (χ4n) is 3.11. The summed E-state index contributed by atoms with van der Waals surface area (Å²) in [4.78, 5) is 28.3. The monoisotopic (exact) mass is 604 g/mol. The topological polar surface area (TPSA) is 179 Å². The molecule has 2 aromatic carbocycles. The van der Waals surface area contributed by atoms with E-state index in [0.29, 0.717) is 30.1 Å². The van der Waals surface area contributed by atoms with E-state index in [1.807, 2.05) is 11.6 Å². The summed E-state index contributed by atoms with van der Waals surface area (Å²) in [6, 6.07) is 9.27. The lowest BCUT2D eigenvalue weighted by Gasteiger charge is -2.18. The van der Waals surface area contributed by atoms with Crippen molar-refractivity contribution in [1.82, 2.24) is 10.2 Å². The van der Waals surface area contributed by atoms with Crippen LogP contribution in [0.3, 0.4) is 0 Å². The highest BCUT2D eigenvalue weighted by Gasteiger charge is 2.43. The lowest BCUT2D eigenvalue weighted by atomic mass is 10.1. The molecule has 2 rings (SSSR count). The van der Waals surface area contributed by atoms with E-state index < -0.39 is 40.6 Å². The summed E-state index contributed by atoms with van der Waals surface area (Å²) in [5.41, 5.74) is 7.57. The molecule has 0 saturated heterocycles. The van der Waals surface area contributed by atoms with Crippen molar-refractivity contribution < 1.29 is 50.2 Å². The van der Waals surface area contributed by atoms with Crippen molar-refractivity contribution in [3.05, 3.63) is 54.1 Å². The number of unbranched alkanes of at least 4 members (excludes halogenated alkanes) is 1. The number of esters is 2. The number of halogens is 3. The van der Waals surface area contributed by atoms with E-state index in [9.17, 15) is 31.2 Å². The minimum absolute atomic E-state index is 0.201. The molecule has 0 bridgehead atoms. The molecule has 0 aliphatic heterocycles. The van der Waals surface area contributed by atoms with Crippen molar-refractivity contribution in [3.8, 4) is 11.5 Å². The Hall–Kier alpha value is -3.89. The first-order valence-electron chi connectivity index (χ1n) is 12.3. The lowest BCUT2D eigenvalue weighted by Crippen LogP contribution is -2.45. The number of nitrogens with two attached hydrogens (primary N) is 1. The van der Waals surface area contributed by atoms with Crippen LogP contribution in [0.4, 0.5) is 13.2 Å². The van der Waals surface area contributed by atoms with Gasteiger partial charge in [-0.15, -0.1) is 0 Å². The van der Waals surface area contributed by atoms with E-state index in [1.165, 1.54) is 48.5 Å². The van der Waals surface area contributed by atoms with Gasteiger partial charge in [0.25, 0.3) is 0 Å². The van der Waals surface area contributed by atoms with Gasteiger partial charge in [-0.3, -0.25) is 10.2 Å². The van der Waals surface area contributed by atoms with Crippen LogP contribution in [0.5, 0.6) is 11.5 Å². The van der Waals surface area contributed by atoms with Crippen molar-refractivity contribution in [3.63, 3.8) is 0 Å². The standard InChI is InChI=1S/C25H31F3N4O8S/c1-2-3-13-37-19-9-11-20(12-10-19)41(35,36)32-21(22(33)40-23(34)25(26,27)28)16-17-5-7-18(8-6-17)38-14-4-15-39-31-24(29)30/h5-12,21,32H,2-4,13-16H2,1H3,(H4,29,30,31)/t21-/m0/s1. The smallest absolute Gasteiger partial charge is 0.491 e. The van der Waals surface area contributed by atoms with Crippen LogP contribution in [0.1, 0.15) is 31.7 Å². The number of sulfonamides is 1. The third kappa shape index (κ3) is 12.0. The molecule has 41 heavy (non-hydrogen) atoms. The van der Waals surface area contributed by atoms with Gasteiger partial charge in [0.1, 0.15) is 17.5 Å². The van der Waals surface area contributed by atoms with E-state index in [4.69, 9.17) is 25.5 Å². The third-order valence-corrected chi connectivity index (χ3v) is 6.60. The molecule has 1 atom stereocenters. The number of carbonyl (C=O) groups excluding carboxylic acids is 2. The molecule has 0 aromatic heterocycles. The fraction of sp³-hybridized carbons (Fsp3) is 0.400. The quantitative estimate of drug-likeness (QED) is 0.0556. The number of hydrogen-bond donors (Lipinski definition) is 4. The number of rotatable bonds is 16. The predicted molar refractivity (Wildman–Crippen MR) is 139 cm³/mol. The molecule has 0 heterocycles. The molecule has 12 nitrogen and oxygen atoms in total. The molecule has 5 N–H and O–H groups in total. The summed E-state index contributed by atoms with van der Waals surface area (Å²) in [7, 11) is -4.43. The van der Waals surface area contributed by atoms with Gasteiger partial charge in [0, 0.05) is 6.42 Å². The van der Waals surface area contributed by atoms with E-state index in [2.05, 4.69) is 10.2 Å². The Morgan fingerprint density at radius 1 is 0.951 bits per heavy atom. The van der Waals surface area contributed by atoms with Crippen LogP contribution in [0.25, 0.3) is 0 Å². The zero-order valence-corrected chi connectivity index (χ0v) is 22.8. The molecule has 0 unspecified atom stereocenters. The van der Waals surface area contributed by atoms with Crippen molar-refractivity contribution in [2.45, 2.75) is 49.7 Å². The number of hydroxylamine groups is 1. The minimum atomic E-state index is -5.46. The summed E-state index contributed by atoms with van der Waals surface area (Å²) in [5.74, 6) is -4.03. The average molecular weight is 605 g/mol. The van der Waals surface area contributed by atoms with E-state index in [1.54, 1.807) is 0 Å². The maximum absolute atomic E-state index is 13.0. The molecule has 0 fully saturated rings. The molecule has 0 spiro atoms. The van der Waals surface area contributed by atoms with E-state index >= 15 is 0 Å². The zero-order valence-electron chi connectivity index (χ0n) is 22.0. The van der Waals surface area contributed by atoms with Crippen LogP contribution in [0, 0.1) is 5.41 Å². The lowest BCUT2D eigenvalue weighted by molar-refractivity contribution is -0.202. The molecule has 2 aromatic rings. The fourth-order valence-corrected chi connectivity index (χ4v) is 4.29. The van der Waals surface area contributed by atoms with Crippen LogP contribution in [0.15, 0.2) is 53.4 Å². The van der Waals surface area contributed by atoms with Gasteiger partial charge < -0.3 is 19.9 Å². The van der Waals surface area contributed by atoms with Crippen LogP contribution < -0.4 is 25.4 Å². The Labute approximate surface area is 234 Å². The van der Waals surface area contributed by atoms with Crippen molar-refractivity contribution >= 4 is 27.9 Å². The van der Waals surface area contributed by atoms with Gasteiger partial charge >= 0.3 is 18.1 Å². The van der Waals surface area contributed by atoms with Gasteiger partial charge in [-0.25, -0.2) is 23.5 Å². The Bertz CT molecular complexity index is 1260. The number of ether oxygens (including phenoxy) is 3. The van der Waals surface area contributed by atoms with Gasteiger partial charge in [0.05, 0.1) is 24.7 Å². The summed E-state index contributed by atoms with van der Waals surface area (Å²) < 4.78 is 80.9. The first-order chi connectivity index (χ1) is 19.3. The predicted octanol–water partition coefficient (Wildman–Crippen LogP) is 2.57. The van der Waals surface area contributed by atoms with Gasteiger partial charge in [0.2, 0.25) is 16.0 Å². The molecule has 226 valence electrons. The Morgan fingerprint density at radius 2 is 1.51 bits per heavy atom. The molecule has 0 aliphatic carbocycles. The normalized spacial score (nSPS) is 12.3. The maximum atomic E-state index is 13.0. The highest BCUT2D eigenvalue weighted by Crippen LogP contribution is 2.20. The largest absolute Gasteiger partial charge is 0.494 e. The molecule has 0 saturated carbocycles. The summed E-state index contributed by atoms with van der Waals surface area (Å²) >= 11 is 0. The summed E-state index contributed by atoms with van der Waals surface area (Å²) in [5, 5.41) is 6.96. The molecule has 16 heteroatoms. The van der Waals surface area contributed by atoms with Crippen molar-refractivity contribution in [2.24, 2.45) is 5.73 Å². The molecule has 0 aliphatic rings. The van der Waals surface area contributed by atoms with Gasteiger partial charge in [0.15, 0.2) is 0 Å². The Morgan fingerprint density at radius 3 is 2.05 bits per heavy atom. The Kier molecular flexibility index (Phi) is 12.8. The first-order valence-corrected chi connectivity index (χ1v) is 13.8. The maximum Gasteiger partial charge on any atom is 0.491 e. The third-order valence-electron chi connectivity index (χ3n) is 5.11. The van der Waals surface area contributed by atoms with Gasteiger partial charge in [-0.1, -0.05) is 25.5 Å². The van der Waals surface area contributed by atoms with Crippen molar-refractivity contribution in [1.29, 1.82) is 5.41 Å². The summed E-state index contributed by atoms with van der Waals surface area (Å²) in [6.45, 7) is 2.84. The van der Waals surface area contributed by atoms with Crippen LogP contribution in [-0.4, -0.2) is 58.4 Å². The van der Waals surface area contributed by atoms with Crippen LogP contribution >= 0.6 is 0 Å². The SMILES string of the molecule is CCCCOc1ccc(S(=O)(=O)N[C@@H](Cc2ccc(OCCCONC(=N)N)cc2)C(=O)OC(=O)C(F)(F)F)cc1. The zero-order chi connectivity index (χ0) is 30.5. The average Bonchev–Trinajstić information content (AvgIpc) is 2.90. The number of guanidine groups is 1. The molecular weight excluding hydrogens is 573 g/mol. The number of alkyl halides is 3. The highest BCUT2D eigenvalue weighted by atomic mass is 32.2. The summed E-state index contributed by atoms with van der Waals surface area (Å²) in [6.07, 6.45) is -3.76. The molecule has 0 radical (unpaired) electrons. The van der Waals surface area contributed by atoms with E-state index in [-0.39, 0.29) is 24.1 Å². The van der Waals surface area contributed by atoms with Gasteiger partial charge in [-0.05, 0) is 54.8 Å². The molecule has 0 amide bonds. The Balaban J connectivity index is 2.11. The number of carbonyl (C=O) groups is 2. The van der Waals surface area contributed by atoms with E-state index in [0.717, 1.165) is 12.8 Å². The highest BCUT2D eigenvalue weighted by molar-refractivity contribution is 7.89. The second-order valence-electron chi connectivity index (χ2n) is 8.47. The number of hydrogen-bond acceptors (Lipinski definition) is 9. The van der Waals surface area contributed by atoms with Crippen LogP contribution in [-0.2, 0) is 35.6 Å². The van der Waals surface area contributed by atoms with Crippen molar-refractivity contribution in [2.75, 3.05) is 19.8 Å². The number of benzene rings is 2. The second-order valence-corrected chi connectivity index (χ2v) is 10.2. The second kappa shape index (κ2) is 15.8. The van der Waals surface area contributed by atoms with Gasteiger partial charge in [-0.2, -0.15) is 17.9 Å².